The van der Waals surface area contributed by atoms with Crippen LogP contribution in [0.2, 0.25) is 0 Å². The number of aryl methyl sites for hydroxylation is 1. The number of fused-ring (bicyclic) bond motifs is 1. The van der Waals surface area contributed by atoms with Crippen molar-refractivity contribution < 1.29 is 22.7 Å². The molecule has 2 aromatic carbocycles. The molecule has 30 heavy (non-hydrogen) atoms. The van der Waals surface area contributed by atoms with Gasteiger partial charge in [0, 0.05) is 23.5 Å². The number of anilines is 1. The first-order chi connectivity index (χ1) is 14.3. The predicted octanol–water partition coefficient (Wildman–Crippen LogP) is 5.46. The second-order valence-corrected chi connectivity index (χ2v) is 6.62. The maximum Gasteiger partial charge on any atom is 0.573 e. The van der Waals surface area contributed by atoms with Crippen molar-refractivity contribution >= 4 is 17.2 Å². The Kier molecular flexibility index (Phi) is 4.91. The molecule has 0 saturated carbocycles. The molecule has 0 fully saturated rings. The number of aromatic nitrogens is 2. The number of imidazole rings is 1. The first-order valence-electron chi connectivity index (χ1n) is 9.01. The van der Waals surface area contributed by atoms with Gasteiger partial charge in [-0.2, -0.15) is 0 Å². The quantitative estimate of drug-likeness (QED) is 0.485. The molecule has 1 amide bonds. The number of alkyl halides is 3. The van der Waals surface area contributed by atoms with Crippen LogP contribution in [0.3, 0.4) is 0 Å². The van der Waals surface area contributed by atoms with Gasteiger partial charge in [0.05, 0.1) is 11.4 Å². The van der Waals surface area contributed by atoms with Gasteiger partial charge in [0.1, 0.15) is 11.4 Å². The number of benzene rings is 2. The molecule has 0 aliphatic carbocycles. The van der Waals surface area contributed by atoms with Crippen molar-refractivity contribution in [3.63, 3.8) is 0 Å². The van der Waals surface area contributed by atoms with E-state index in [0.29, 0.717) is 16.9 Å². The Hall–Kier alpha value is -3.81. The van der Waals surface area contributed by atoms with Gasteiger partial charge in [-0.3, -0.25) is 4.79 Å². The Balaban J connectivity index is 1.64. The normalized spacial score (nSPS) is 11.5. The molecule has 4 aromatic rings. The van der Waals surface area contributed by atoms with Crippen LogP contribution >= 0.6 is 0 Å². The number of halogens is 3. The number of ether oxygens (including phenoxy) is 1. The molecule has 0 bridgehead atoms. The summed E-state index contributed by atoms with van der Waals surface area (Å²) in [5.41, 5.74) is 3.69. The summed E-state index contributed by atoms with van der Waals surface area (Å²) in [5.74, 6) is -1.02. The Bertz CT molecular complexity index is 1230. The monoisotopic (exact) mass is 411 g/mol. The van der Waals surface area contributed by atoms with Crippen molar-refractivity contribution in [1.82, 2.24) is 9.38 Å². The lowest BCUT2D eigenvalue weighted by Crippen LogP contribution is -2.18. The summed E-state index contributed by atoms with van der Waals surface area (Å²) in [5, 5.41) is 2.75. The number of nitrogens with zero attached hydrogens (tertiary/aromatic N) is 2. The number of carbonyl (C=O) groups excluding carboxylic acids is 1. The molecular weight excluding hydrogens is 395 g/mol. The van der Waals surface area contributed by atoms with E-state index in [1.807, 2.05) is 48.0 Å². The van der Waals surface area contributed by atoms with Gasteiger partial charge in [-0.25, -0.2) is 4.98 Å². The molecule has 1 N–H and O–H groups in total. The SMILES string of the molecule is Cc1cccn2cc(-c3ccccc3NC(=O)c3cccc(OC(F)(F)F)c3)nc12. The third kappa shape index (κ3) is 4.12. The Morgan fingerprint density at radius 1 is 1.07 bits per heavy atom. The van der Waals surface area contributed by atoms with Crippen molar-refractivity contribution in [2.24, 2.45) is 0 Å². The average Bonchev–Trinajstić information content (AvgIpc) is 3.13. The van der Waals surface area contributed by atoms with E-state index in [9.17, 15) is 18.0 Å². The molecule has 8 heteroatoms. The molecule has 0 atom stereocenters. The molecule has 0 aliphatic heterocycles. The Labute approximate surface area is 169 Å². The number of hydrogen-bond donors (Lipinski definition) is 1. The van der Waals surface area contributed by atoms with Gasteiger partial charge < -0.3 is 14.5 Å². The molecule has 4 rings (SSSR count). The molecule has 0 radical (unpaired) electrons. The van der Waals surface area contributed by atoms with Crippen molar-refractivity contribution in [2.45, 2.75) is 13.3 Å². The average molecular weight is 411 g/mol. The van der Waals surface area contributed by atoms with Gasteiger partial charge >= 0.3 is 6.36 Å². The Morgan fingerprint density at radius 2 is 1.87 bits per heavy atom. The lowest BCUT2D eigenvalue weighted by Gasteiger charge is -2.12. The van der Waals surface area contributed by atoms with Crippen LogP contribution < -0.4 is 10.1 Å². The maximum atomic E-state index is 12.7. The standard InChI is InChI=1S/C22H16F3N3O2/c1-14-6-5-11-28-13-19(26-20(14)28)17-9-2-3-10-18(17)27-21(29)15-7-4-8-16(12-15)30-22(23,24)25/h2-13H,1H3,(H,27,29). The number of pyridine rings is 1. The van der Waals surface area contributed by atoms with Crippen molar-refractivity contribution in [1.29, 1.82) is 0 Å². The highest BCUT2D eigenvalue weighted by atomic mass is 19.4. The van der Waals surface area contributed by atoms with E-state index in [0.717, 1.165) is 23.3 Å². The lowest BCUT2D eigenvalue weighted by molar-refractivity contribution is -0.274. The van der Waals surface area contributed by atoms with E-state index in [1.165, 1.54) is 12.1 Å². The summed E-state index contributed by atoms with van der Waals surface area (Å²) in [6.45, 7) is 1.95. The fraction of sp³-hybridized carbons (Fsp3) is 0.0909. The van der Waals surface area contributed by atoms with Gasteiger partial charge in [0.15, 0.2) is 0 Å². The van der Waals surface area contributed by atoms with E-state index in [4.69, 9.17) is 0 Å². The number of nitrogens with one attached hydrogen (secondary N) is 1. The van der Waals surface area contributed by atoms with E-state index in [1.54, 1.807) is 12.1 Å². The van der Waals surface area contributed by atoms with Crippen molar-refractivity contribution in [3.8, 4) is 17.0 Å². The maximum absolute atomic E-state index is 12.7. The number of carbonyl (C=O) groups is 1. The second-order valence-electron chi connectivity index (χ2n) is 6.62. The van der Waals surface area contributed by atoms with Crippen LogP contribution in [0.15, 0.2) is 73.1 Å². The van der Waals surface area contributed by atoms with Crippen molar-refractivity contribution in [3.05, 3.63) is 84.2 Å². The first kappa shape index (κ1) is 19.5. The van der Waals surface area contributed by atoms with Crippen LogP contribution in [0.25, 0.3) is 16.9 Å². The zero-order valence-corrected chi connectivity index (χ0v) is 15.8. The summed E-state index contributed by atoms with van der Waals surface area (Å²) >= 11 is 0. The molecule has 0 unspecified atom stereocenters. The van der Waals surface area contributed by atoms with E-state index in [2.05, 4.69) is 15.0 Å². The highest BCUT2D eigenvalue weighted by Gasteiger charge is 2.31. The lowest BCUT2D eigenvalue weighted by atomic mass is 10.1. The fourth-order valence-corrected chi connectivity index (χ4v) is 3.13. The summed E-state index contributed by atoms with van der Waals surface area (Å²) in [4.78, 5) is 17.3. The van der Waals surface area contributed by atoms with E-state index >= 15 is 0 Å². The van der Waals surface area contributed by atoms with Gasteiger partial charge in [-0.15, -0.1) is 13.2 Å². The van der Waals surface area contributed by atoms with Gasteiger partial charge in [0.25, 0.3) is 5.91 Å². The summed E-state index contributed by atoms with van der Waals surface area (Å²) in [6.07, 6.45) is -1.10. The summed E-state index contributed by atoms with van der Waals surface area (Å²) in [6, 6.07) is 15.9. The first-order valence-corrected chi connectivity index (χ1v) is 9.01. The largest absolute Gasteiger partial charge is 0.573 e. The highest BCUT2D eigenvalue weighted by Crippen LogP contribution is 2.29. The molecule has 0 aliphatic rings. The Morgan fingerprint density at radius 3 is 2.63 bits per heavy atom. The molecule has 5 nitrogen and oxygen atoms in total. The molecule has 2 heterocycles. The zero-order valence-electron chi connectivity index (χ0n) is 15.8. The minimum atomic E-state index is -4.83. The highest BCUT2D eigenvalue weighted by molar-refractivity contribution is 6.06. The molecule has 2 aromatic heterocycles. The van der Waals surface area contributed by atoms with Crippen LogP contribution in [0.4, 0.5) is 18.9 Å². The fourth-order valence-electron chi connectivity index (χ4n) is 3.13. The summed E-state index contributed by atoms with van der Waals surface area (Å²) in [7, 11) is 0. The van der Waals surface area contributed by atoms with E-state index in [-0.39, 0.29) is 5.56 Å². The van der Waals surface area contributed by atoms with Crippen LogP contribution in [0.5, 0.6) is 5.75 Å². The predicted molar refractivity (Wildman–Crippen MR) is 106 cm³/mol. The smallest absolute Gasteiger partial charge is 0.406 e. The van der Waals surface area contributed by atoms with Crippen LogP contribution in [-0.2, 0) is 0 Å². The van der Waals surface area contributed by atoms with Gasteiger partial charge in [-0.05, 0) is 42.8 Å². The third-order valence-corrected chi connectivity index (χ3v) is 4.46. The van der Waals surface area contributed by atoms with E-state index < -0.39 is 18.0 Å². The number of para-hydroxylation sites is 1. The van der Waals surface area contributed by atoms with Gasteiger partial charge in [-0.1, -0.05) is 30.3 Å². The van der Waals surface area contributed by atoms with Crippen LogP contribution in [-0.4, -0.2) is 21.7 Å². The third-order valence-electron chi connectivity index (χ3n) is 4.46. The van der Waals surface area contributed by atoms with Crippen molar-refractivity contribution in [2.75, 3.05) is 5.32 Å². The molecule has 0 spiro atoms. The second kappa shape index (κ2) is 7.55. The van der Waals surface area contributed by atoms with Crippen LogP contribution in [0.1, 0.15) is 15.9 Å². The van der Waals surface area contributed by atoms with Crippen LogP contribution in [0, 0.1) is 6.92 Å². The minimum absolute atomic E-state index is 0.0393. The molecular formula is C22H16F3N3O2. The van der Waals surface area contributed by atoms with Gasteiger partial charge in [0.2, 0.25) is 0 Å². The number of hydrogen-bond acceptors (Lipinski definition) is 3. The summed E-state index contributed by atoms with van der Waals surface area (Å²) < 4.78 is 43.1. The number of rotatable bonds is 4. The zero-order chi connectivity index (χ0) is 21.3. The molecule has 152 valence electrons. The minimum Gasteiger partial charge on any atom is -0.406 e. The number of amides is 1. The topological polar surface area (TPSA) is 55.6 Å². The molecule has 0 saturated heterocycles.